The number of halogens is 5. The average molecular weight is 577 g/mol. The summed E-state index contributed by atoms with van der Waals surface area (Å²) in [5.74, 6) is -1.88. The first-order chi connectivity index (χ1) is 17.2. The van der Waals surface area contributed by atoms with Crippen molar-refractivity contribution in [1.29, 1.82) is 4.78 Å². The van der Waals surface area contributed by atoms with Crippen LogP contribution in [0.3, 0.4) is 0 Å². The van der Waals surface area contributed by atoms with Gasteiger partial charge in [0, 0.05) is 45.1 Å². The Morgan fingerprint density at radius 1 is 1.19 bits per heavy atom. The second-order valence-electron chi connectivity index (χ2n) is 7.79. The molecule has 0 bridgehead atoms. The second-order valence-corrected chi connectivity index (χ2v) is 11.2. The lowest BCUT2D eigenvalue weighted by molar-refractivity contribution is -0.141. The number of hydrogen-bond donors (Lipinski definition) is 3. The molecule has 1 unspecified atom stereocenters. The molecule has 1 atom stereocenters. The van der Waals surface area contributed by atoms with Crippen LogP contribution in [0.25, 0.3) is 5.82 Å². The van der Waals surface area contributed by atoms with E-state index in [9.17, 15) is 27.0 Å². The Hall–Kier alpha value is -3.16. The molecule has 2 amide bonds. The Morgan fingerprint density at radius 3 is 2.51 bits per heavy atom. The van der Waals surface area contributed by atoms with Crippen LogP contribution < -0.4 is 10.6 Å². The summed E-state index contributed by atoms with van der Waals surface area (Å²) in [6, 6.07) is 6.10. The van der Waals surface area contributed by atoms with E-state index in [0.29, 0.717) is 16.3 Å². The zero-order valence-electron chi connectivity index (χ0n) is 19.4. The van der Waals surface area contributed by atoms with Crippen molar-refractivity contribution < 1.29 is 27.0 Å². The van der Waals surface area contributed by atoms with Gasteiger partial charge in [-0.3, -0.25) is 14.4 Å². The monoisotopic (exact) mass is 576 g/mol. The van der Waals surface area contributed by atoms with Crippen molar-refractivity contribution in [3.8, 4) is 5.82 Å². The maximum Gasteiger partial charge on any atom is 0.435 e. The fourth-order valence-electron chi connectivity index (χ4n) is 3.21. The van der Waals surface area contributed by atoms with Crippen molar-refractivity contribution in [2.45, 2.75) is 20.0 Å². The summed E-state index contributed by atoms with van der Waals surface area (Å²) in [6.45, 7) is 3.06. The van der Waals surface area contributed by atoms with Gasteiger partial charge in [0.1, 0.15) is 5.69 Å². The van der Waals surface area contributed by atoms with E-state index >= 15 is 0 Å². The molecule has 15 heteroatoms. The molecule has 1 aromatic carbocycles. The molecule has 2 aromatic heterocycles. The number of anilines is 1. The van der Waals surface area contributed by atoms with Crippen molar-refractivity contribution >= 4 is 50.4 Å². The summed E-state index contributed by atoms with van der Waals surface area (Å²) in [5.41, 5.74) is -1.63. The van der Waals surface area contributed by atoms with Gasteiger partial charge in [-0.2, -0.15) is 18.3 Å². The van der Waals surface area contributed by atoms with Crippen LogP contribution in [0.1, 0.15) is 39.0 Å². The summed E-state index contributed by atoms with van der Waals surface area (Å²) in [7, 11) is -2.85. The maximum absolute atomic E-state index is 13.4. The number of alkyl halides is 3. The third-order valence-electron chi connectivity index (χ3n) is 5.14. The molecule has 0 spiro atoms. The lowest BCUT2D eigenvalue weighted by Crippen LogP contribution is -2.30. The first-order valence-corrected chi connectivity index (χ1v) is 13.3. The third kappa shape index (κ3) is 6.79. The fourth-order valence-corrected chi connectivity index (χ4v) is 4.41. The van der Waals surface area contributed by atoms with Crippen molar-refractivity contribution in [2.24, 2.45) is 0 Å². The summed E-state index contributed by atoms with van der Waals surface area (Å²) in [5, 5.41) is 8.59. The molecule has 3 rings (SSSR count). The van der Waals surface area contributed by atoms with E-state index in [-0.39, 0.29) is 45.2 Å². The standard InChI is InChI=1S/C22H21Cl2F3N6O3S/c1-3-37(28,36)8-7-30-20(34)14-10-13(23)9-12(2)18(14)31-21(35)16-11-17(22(25,26)27)32-33(16)19-15(24)5-4-6-29-19/h4-6,9-11,28H,3,7-8H2,1-2H3,(H,30,34)(H,31,35). The number of carbonyl (C=O) groups is 2. The molecule has 198 valence electrons. The molecular weight excluding hydrogens is 556 g/mol. The van der Waals surface area contributed by atoms with Gasteiger partial charge in [0.15, 0.2) is 11.5 Å². The van der Waals surface area contributed by atoms with Gasteiger partial charge in [0.05, 0.1) is 16.3 Å². The number of aryl methyl sites for hydroxylation is 1. The highest BCUT2D eigenvalue weighted by molar-refractivity contribution is 7.92. The van der Waals surface area contributed by atoms with Crippen LogP contribution in [0.2, 0.25) is 10.0 Å². The molecule has 3 N–H and O–H groups in total. The zero-order valence-corrected chi connectivity index (χ0v) is 21.8. The van der Waals surface area contributed by atoms with Crippen LogP contribution in [-0.2, 0) is 15.9 Å². The summed E-state index contributed by atoms with van der Waals surface area (Å²) in [6.07, 6.45) is -3.59. The number of nitrogens with one attached hydrogen (secondary N) is 3. The van der Waals surface area contributed by atoms with E-state index in [4.69, 9.17) is 28.0 Å². The van der Waals surface area contributed by atoms with E-state index in [0.717, 1.165) is 0 Å². The largest absolute Gasteiger partial charge is 0.435 e. The Kier molecular flexibility index (Phi) is 8.50. The minimum Gasteiger partial charge on any atom is -0.351 e. The molecule has 0 aliphatic carbocycles. The Balaban J connectivity index is 1.99. The molecule has 0 aliphatic rings. The smallest absolute Gasteiger partial charge is 0.351 e. The lowest BCUT2D eigenvalue weighted by Gasteiger charge is -2.15. The highest BCUT2D eigenvalue weighted by Crippen LogP contribution is 2.31. The first kappa shape index (κ1) is 28.4. The van der Waals surface area contributed by atoms with Gasteiger partial charge in [-0.15, -0.1) is 0 Å². The Labute approximate surface area is 220 Å². The van der Waals surface area contributed by atoms with Crippen LogP contribution in [0.4, 0.5) is 18.9 Å². The van der Waals surface area contributed by atoms with Crippen molar-refractivity contribution in [3.63, 3.8) is 0 Å². The number of carbonyl (C=O) groups excluding carboxylic acids is 2. The molecule has 3 aromatic rings. The van der Waals surface area contributed by atoms with E-state index in [1.165, 1.54) is 30.5 Å². The van der Waals surface area contributed by atoms with E-state index in [1.807, 2.05) is 0 Å². The molecule has 0 aliphatic heterocycles. The predicted octanol–water partition coefficient (Wildman–Crippen LogP) is 4.95. The topological polar surface area (TPSA) is 130 Å². The van der Waals surface area contributed by atoms with Crippen LogP contribution in [-0.4, -0.2) is 48.8 Å². The maximum atomic E-state index is 13.4. The predicted molar refractivity (Wildman–Crippen MR) is 134 cm³/mol. The summed E-state index contributed by atoms with van der Waals surface area (Å²) >= 11 is 12.2. The SMILES string of the molecule is CCS(=N)(=O)CCNC(=O)c1cc(Cl)cc(C)c1NC(=O)c1cc(C(F)(F)F)nn1-c1ncccc1Cl. The normalized spacial score (nSPS) is 13.2. The first-order valence-electron chi connectivity index (χ1n) is 10.7. The average Bonchev–Trinajstić information content (AvgIpc) is 3.26. The Bertz CT molecular complexity index is 1460. The van der Waals surface area contributed by atoms with Crippen LogP contribution >= 0.6 is 23.2 Å². The highest BCUT2D eigenvalue weighted by atomic mass is 35.5. The van der Waals surface area contributed by atoms with Gasteiger partial charge in [-0.05, 0) is 36.8 Å². The van der Waals surface area contributed by atoms with Crippen molar-refractivity contribution in [3.05, 3.63) is 69.1 Å². The number of pyridine rings is 1. The lowest BCUT2D eigenvalue weighted by atomic mass is 10.1. The zero-order chi connectivity index (χ0) is 27.5. The van der Waals surface area contributed by atoms with E-state index in [2.05, 4.69) is 20.7 Å². The summed E-state index contributed by atoms with van der Waals surface area (Å²) in [4.78, 5) is 30.0. The second kappa shape index (κ2) is 11.1. The molecular formula is C22H21Cl2F3N6O3S. The minimum atomic E-state index is -4.86. The van der Waals surface area contributed by atoms with E-state index < -0.39 is 39.1 Å². The van der Waals surface area contributed by atoms with Gasteiger partial charge in [0.25, 0.3) is 11.8 Å². The number of amides is 2. The number of nitrogens with zero attached hydrogens (tertiary/aromatic N) is 3. The van der Waals surface area contributed by atoms with Gasteiger partial charge in [0.2, 0.25) is 0 Å². The Morgan fingerprint density at radius 2 is 1.89 bits per heavy atom. The van der Waals surface area contributed by atoms with Gasteiger partial charge < -0.3 is 10.6 Å². The minimum absolute atomic E-state index is 0.0116. The van der Waals surface area contributed by atoms with Crippen LogP contribution in [0.5, 0.6) is 0 Å². The molecule has 9 nitrogen and oxygen atoms in total. The molecule has 0 radical (unpaired) electrons. The number of aromatic nitrogens is 3. The number of benzene rings is 1. The van der Waals surface area contributed by atoms with Gasteiger partial charge in [-0.1, -0.05) is 30.1 Å². The van der Waals surface area contributed by atoms with Crippen LogP contribution in [0.15, 0.2) is 36.5 Å². The third-order valence-corrected chi connectivity index (χ3v) is 7.45. The molecule has 2 heterocycles. The number of hydrogen-bond acceptors (Lipinski definition) is 6. The van der Waals surface area contributed by atoms with Crippen molar-refractivity contribution in [1.82, 2.24) is 20.1 Å². The van der Waals surface area contributed by atoms with Gasteiger partial charge >= 0.3 is 6.18 Å². The van der Waals surface area contributed by atoms with E-state index in [1.54, 1.807) is 13.8 Å². The highest BCUT2D eigenvalue weighted by Gasteiger charge is 2.37. The molecule has 0 fully saturated rings. The summed E-state index contributed by atoms with van der Waals surface area (Å²) < 4.78 is 60.6. The molecule has 0 saturated heterocycles. The molecule has 37 heavy (non-hydrogen) atoms. The quantitative estimate of drug-likeness (QED) is 0.349. The van der Waals surface area contributed by atoms with Crippen molar-refractivity contribution in [2.75, 3.05) is 23.4 Å². The van der Waals surface area contributed by atoms with Crippen LogP contribution in [0, 0.1) is 11.7 Å². The number of rotatable bonds is 8. The fraction of sp³-hybridized carbons (Fsp3) is 0.273. The molecule has 0 saturated carbocycles. The van der Waals surface area contributed by atoms with Gasteiger partial charge in [-0.25, -0.2) is 13.9 Å².